The molecule has 0 aliphatic heterocycles. The second kappa shape index (κ2) is 6.30. The number of rotatable bonds is 6. The van der Waals surface area contributed by atoms with Crippen LogP contribution in [0.3, 0.4) is 0 Å². The first-order chi connectivity index (χ1) is 7.92. The summed E-state index contributed by atoms with van der Waals surface area (Å²) < 4.78 is 0. The lowest BCUT2D eigenvalue weighted by molar-refractivity contribution is 0.551. The van der Waals surface area contributed by atoms with Crippen LogP contribution in [-0.4, -0.2) is 5.88 Å². The highest BCUT2D eigenvalue weighted by molar-refractivity contribution is 6.17. The Kier molecular flexibility index (Phi) is 4.71. The molecule has 0 spiro atoms. The number of fused-ring (bicyclic) bond motifs is 1. The van der Waals surface area contributed by atoms with E-state index in [-0.39, 0.29) is 0 Å². The molecule has 1 heteroatoms. The molecule has 0 radical (unpaired) electrons. The maximum atomic E-state index is 5.67. The first kappa shape index (κ1) is 12.0. The highest BCUT2D eigenvalue weighted by Crippen LogP contribution is 2.36. The van der Waals surface area contributed by atoms with Crippen molar-refractivity contribution in [1.29, 1.82) is 0 Å². The SMILES string of the molecule is ClCCCCCC[C@H]1CCc2ccccc21. The van der Waals surface area contributed by atoms with Crippen LogP contribution in [0.4, 0.5) is 0 Å². The summed E-state index contributed by atoms with van der Waals surface area (Å²) in [6.07, 6.45) is 9.25. The van der Waals surface area contributed by atoms with Crippen molar-refractivity contribution in [3.05, 3.63) is 35.4 Å². The molecule has 0 saturated heterocycles. The van der Waals surface area contributed by atoms with Crippen molar-refractivity contribution >= 4 is 11.6 Å². The summed E-state index contributed by atoms with van der Waals surface area (Å²) in [5.41, 5.74) is 3.22. The third-order valence-corrected chi connectivity index (χ3v) is 3.96. The summed E-state index contributed by atoms with van der Waals surface area (Å²) in [5, 5.41) is 0. The van der Waals surface area contributed by atoms with Crippen LogP contribution in [0.5, 0.6) is 0 Å². The van der Waals surface area contributed by atoms with Gasteiger partial charge in [0.2, 0.25) is 0 Å². The number of aryl methyl sites for hydroxylation is 1. The molecular formula is C15H21Cl. The fourth-order valence-electron chi connectivity index (χ4n) is 2.78. The van der Waals surface area contributed by atoms with E-state index in [0.717, 1.165) is 11.8 Å². The highest BCUT2D eigenvalue weighted by Gasteiger charge is 2.20. The van der Waals surface area contributed by atoms with Gasteiger partial charge in [0.25, 0.3) is 0 Å². The molecule has 1 atom stereocenters. The summed E-state index contributed by atoms with van der Waals surface area (Å²) in [5.74, 6) is 1.67. The quantitative estimate of drug-likeness (QED) is 0.487. The maximum absolute atomic E-state index is 5.67. The summed E-state index contributed by atoms with van der Waals surface area (Å²) in [6.45, 7) is 0. The molecule has 0 aromatic heterocycles. The van der Waals surface area contributed by atoms with Crippen molar-refractivity contribution in [2.75, 3.05) is 5.88 Å². The lowest BCUT2D eigenvalue weighted by Crippen LogP contribution is -1.93. The Morgan fingerprint density at radius 2 is 1.88 bits per heavy atom. The summed E-state index contributed by atoms with van der Waals surface area (Å²) >= 11 is 5.67. The van der Waals surface area contributed by atoms with Crippen LogP contribution in [-0.2, 0) is 6.42 Å². The second-order valence-corrected chi connectivity index (χ2v) is 5.20. The molecule has 1 aromatic carbocycles. The van der Waals surface area contributed by atoms with Gasteiger partial charge in [-0.3, -0.25) is 0 Å². The summed E-state index contributed by atoms with van der Waals surface area (Å²) in [6, 6.07) is 8.97. The van der Waals surface area contributed by atoms with Gasteiger partial charge < -0.3 is 0 Å². The topological polar surface area (TPSA) is 0 Å². The minimum atomic E-state index is 0.826. The molecule has 16 heavy (non-hydrogen) atoms. The Bertz CT molecular complexity index is 319. The van der Waals surface area contributed by atoms with Gasteiger partial charge in [-0.1, -0.05) is 43.5 Å². The van der Waals surface area contributed by atoms with Gasteiger partial charge in [0.1, 0.15) is 0 Å². The van der Waals surface area contributed by atoms with Crippen molar-refractivity contribution in [1.82, 2.24) is 0 Å². The van der Waals surface area contributed by atoms with Crippen LogP contribution < -0.4 is 0 Å². The predicted octanol–water partition coefficient (Wildman–Crippen LogP) is 4.91. The minimum Gasteiger partial charge on any atom is -0.127 e. The second-order valence-electron chi connectivity index (χ2n) is 4.83. The Hall–Kier alpha value is -0.490. The molecule has 1 aliphatic rings. The summed E-state index contributed by atoms with van der Waals surface area (Å²) in [4.78, 5) is 0. The lowest BCUT2D eigenvalue weighted by Gasteiger charge is -2.10. The average molecular weight is 237 g/mol. The third-order valence-electron chi connectivity index (χ3n) is 3.69. The van der Waals surface area contributed by atoms with Crippen LogP contribution in [0.25, 0.3) is 0 Å². The largest absolute Gasteiger partial charge is 0.127 e. The zero-order valence-electron chi connectivity index (χ0n) is 9.92. The van der Waals surface area contributed by atoms with E-state index in [1.54, 1.807) is 11.1 Å². The van der Waals surface area contributed by atoms with Crippen LogP contribution in [0.15, 0.2) is 24.3 Å². The normalized spacial score (nSPS) is 18.7. The monoisotopic (exact) mass is 236 g/mol. The number of alkyl halides is 1. The molecular weight excluding hydrogens is 216 g/mol. The Balaban J connectivity index is 1.76. The molecule has 0 fully saturated rings. The van der Waals surface area contributed by atoms with Gasteiger partial charge in [-0.2, -0.15) is 0 Å². The lowest BCUT2D eigenvalue weighted by atomic mass is 9.95. The third kappa shape index (κ3) is 3.01. The van der Waals surface area contributed by atoms with Crippen LogP contribution in [0.2, 0.25) is 0 Å². The molecule has 0 amide bonds. The van der Waals surface area contributed by atoms with Gasteiger partial charge in [-0.25, -0.2) is 0 Å². The molecule has 1 aliphatic carbocycles. The summed E-state index contributed by atoms with van der Waals surface area (Å²) in [7, 11) is 0. The Labute approximate surface area is 104 Å². The van der Waals surface area contributed by atoms with Gasteiger partial charge in [-0.15, -0.1) is 11.6 Å². The van der Waals surface area contributed by atoms with Gasteiger partial charge in [0.05, 0.1) is 0 Å². The van der Waals surface area contributed by atoms with Crippen LogP contribution in [0.1, 0.15) is 55.6 Å². The fraction of sp³-hybridized carbons (Fsp3) is 0.600. The number of unbranched alkanes of at least 4 members (excludes halogenated alkanes) is 3. The van der Waals surface area contributed by atoms with E-state index >= 15 is 0 Å². The molecule has 0 unspecified atom stereocenters. The molecule has 0 saturated carbocycles. The van der Waals surface area contributed by atoms with Gasteiger partial charge in [0.15, 0.2) is 0 Å². The van der Waals surface area contributed by atoms with E-state index in [4.69, 9.17) is 11.6 Å². The molecule has 0 heterocycles. The Morgan fingerprint density at radius 1 is 1.06 bits per heavy atom. The molecule has 0 bridgehead atoms. The maximum Gasteiger partial charge on any atom is 0.0223 e. The van der Waals surface area contributed by atoms with Gasteiger partial charge >= 0.3 is 0 Å². The van der Waals surface area contributed by atoms with Crippen LogP contribution >= 0.6 is 11.6 Å². The van der Waals surface area contributed by atoms with E-state index in [0.29, 0.717) is 0 Å². The number of benzene rings is 1. The number of hydrogen-bond acceptors (Lipinski definition) is 0. The average Bonchev–Trinajstić information content (AvgIpc) is 2.73. The number of hydrogen-bond donors (Lipinski definition) is 0. The smallest absolute Gasteiger partial charge is 0.0223 e. The molecule has 0 nitrogen and oxygen atoms in total. The Morgan fingerprint density at radius 3 is 2.75 bits per heavy atom. The van der Waals surface area contributed by atoms with E-state index in [9.17, 15) is 0 Å². The first-order valence-electron chi connectivity index (χ1n) is 6.55. The molecule has 2 rings (SSSR count). The van der Waals surface area contributed by atoms with Gasteiger partial charge in [-0.05, 0) is 42.7 Å². The van der Waals surface area contributed by atoms with Crippen LogP contribution in [0, 0.1) is 0 Å². The van der Waals surface area contributed by atoms with Crippen molar-refractivity contribution in [2.24, 2.45) is 0 Å². The molecule has 88 valence electrons. The number of halogens is 1. The first-order valence-corrected chi connectivity index (χ1v) is 7.09. The molecule has 0 N–H and O–H groups in total. The minimum absolute atomic E-state index is 0.826. The highest BCUT2D eigenvalue weighted by atomic mass is 35.5. The van der Waals surface area contributed by atoms with E-state index < -0.39 is 0 Å². The predicted molar refractivity (Wildman–Crippen MR) is 71.3 cm³/mol. The van der Waals surface area contributed by atoms with Crippen molar-refractivity contribution in [2.45, 2.75) is 50.9 Å². The van der Waals surface area contributed by atoms with E-state index in [2.05, 4.69) is 24.3 Å². The standard InChI is InChI=1S/C15H21Cl/c16-12-6-2-1-3-7-13-10-11-14-8-4-5-9-15(13)14/h4-5,8-9,13H,1-3,6-7,10-12H2/t13-/m0/s1. The van der Waals surface area contributed by atoms with Crippen molar-refractivity contribution in [3.8, 4) is 0 Å². The zero-order valence-corrected chi connectivity index (χ0v) is 10.7. The van der Waals surface area contributed by atoms with Crippen molar-refractivity contribution in [3.63, 3.8) is 0 Å². The fourth-order valence-corrected chi connectivity index (χ4v) is 2.97. The zero-order chi connectivity index (χ0) is 11.2. The van der Waals surface area contributed by atoms with Gasteiger partial charge in [0, 0.05) is 5.88 Å². The van der Waals surface area contributed by atoms with Crippen molar-refractivity contribution < 1.29 is 0 Å². The molecule has 1 aromatic rings. The van der Waals surface area contributed by atoms with E-state index in [1.165, 1.54) is 44.9 Å². The van der Waals surface area contributed by atoms with E-state index in [1.807, 2.05) is 0 Å².